The van der Waals surface area contributed by atoms with Crippen LogP contribution in [-0.2, 0) is 18.4 Å². The van der Waals surface area contributed by atoms with Gasteiger partial charge in [0.25, 0.3) is 5.91 Å². The summed E-state index contributed by atoms with van der Waals surface area (Å²) in [5.41, 5.74) is 0.569. The van der Waals surface area contributed by atoms with Gasteiger partial charge in [0.05, 0.1) is 23.3 Å². The lowest BCUT2D eigenvalue weighted by Gasteiger charge is -2.47. The number of benzene rings is 1. The Balaban J connectivity index is 1.61. The zero-order valence-corrected chi connectivity index (χ0v) is 15.6. The maximum atomic E-state index is 14.2. The topological polar surface area (TPSA) is 58.4 Å². The number of aromatic nitrogens is 2. The highest BCUT2D eigenvalue weighted by molar-refractivity contribution is 5.94. The molecule has 2 atom stereocenters. The Morgan fingerprint density at radius 2 is 2.15 bits per heavy atom. The third kappa shape index (κ3) is 2.91. The number of carbonyl (C=O) groups is 2. The molecule has 2 saturated heterocycles. The minimum absolute atomic E-state index is 0.0210. The predicted molar refractivity (Wildman–Crippen MR) is 97.2 cm³/mol. The summed E-state index contributed by atoms with van der Waals surface area (Å²) in [7, 11) is 1.78. The summed E-state index contributed by atoms with van der Waals surface area (Å²) in [6, 6.07) is 6.47. The van der Waals surface area contributed by atoms with Gasteiger partial charge in [0.2, 0.25) is 5.91 Å². The lowest BCUT2D eigenvalue weighted by molar-refractivity contribution is -0.144. The summed E-state index contributed by atoms with van der Waals surface area (Å²) in [5, 5.41) is 4.09. The van der Waals surface area contributed by atoms with Gasteiger partial charge in [-0.25, -0.2) is 4.39 Å². The fraction of sp³-hybridized carbons (Fsp3) is 0.450. The van der Waals surface area contributed by atoms with Gasteiger partial charge in [-0.3, -0.25) is 14.3 Å². The molecule has 2 aliphatic rings. The highest BCUT2D eigenvalue weighted by Gasteiger charge is 2.53. The van der Waals surface area contributed by atoms with Gasteiger partial charge in [-0.1, -0.05) is 18.2 Å². The quantitative estimate of drug-likeness (QED) is 0.833. The number of aryl methyl sites for hydroxylation is 1. The van der Waals surface area contributed by atoms with Gasteiger partial charge in [-0.2, -0.15) is 5.10 Å². The number of hydrogen-bond acceptors (Lipinski definition) is 3. The SMILES string of the molecule is Cn1cc(C(=O)N2CC[C@@]3(C)[C@@H]2CCC(=O)N3Cc2ccccc2F)cn1. The second-order valence-electron chi connectivity index (χ2n) is 7.63. The highest BCUT2D eigenvalue weighted by Crippen LogP contribution is 2.42. The molecule has 1 aromatic heterocycles. The average Bonchev–Trinajstić information content (AvgIpc) is 3.22. The number of hydrogen-bond donors (Lipinski definition) is 0. The Morgan fingerprint density at radius 1 is 1.37 bits per heavy atom. The average molecular weight is 370 g/mol. The molecule has 0 aliphatic carbocycles. The standard InChI is InChI=1S/C20H23FN4O2/c1-20-9-10-24(19(27)15-11-22-23(2)12-15)17(20)7-8-18(26)25(20)13-14-5-3-4-6-16(14)21/h3-6,11-12,17H,7-10,13H2,1-2H3/t17-,20-/m0/s1. The van der Waals surface area contributed by atoms with Gasteiger partial charge in [0.15, 0.2) is 0 Å². The molecule has 0 radical (unpaired) electrons. The Hall–Kier alpha value is -2.70. The minimum atomic E-state index is -0.491. The first-order chi connectivity index (χ1) is 12.9. The van der Waals surface area contributed by atoms with E-state index in [2.05, 4.69) is 5.10 Å². The predicted octanol–water partition coefficient (Wildman–Crippen LogP) is 2.35. The lowest BCUT2D eigenvalue weighted by atomic mass is 9.83. The molecule has 4 rings (SSSR count). The Labute approximate surface area is 157 Å². The van der Waals surface area contributed by atoms with E-state index in [0.29, 0.717) is 36.9 Å². The van der Waals surface area contributed by atoms with Crippen molar-refractivity contribution < 1.29 is 14.0 Å². The number of carbonyl (C=O) groups excluding carboxylic acids is 2. The summed E-state index contributed by atoms with van der Waals surface area (Å²) >= 11 is 0. The van der Waals surface area contributed by atoms with Crippen LogP contribution in [0.1, 0.15) is 42.1 Å². The van der Waals surface area contributed by atoms with Crippen molar-refractivity contribution in [3.05, 3.63) is 53.6 Å². The molecule has 142 valence electrons. The van der Waals surface area contributed by atoms with Crippen LogP contribution >= 0.6 is 0 Å². The number of halogens is 1. The number of amides is 2. The monoisotopic (exact) mass is 370 g/mol. The molecule has 3 heterocycles. The fourth-order valence-corrected chi connectivity index (χ4v) is 4.47. The van der Waals surface area contributed by atoms with Gasteiger partial charge in [0.1, 0.15) is 5.82 Å². The molecule has 2 aromatic rings. The van der Waals surface area contributed by atoms with Crippen LogP contribution in [0.25, 0.3) is 0 Å². The molecule has 2 amide bonds. The van der Waals surface area contributed by atoms with Crippen LogP contribution < -0.4 is 0 Å². The molecule has 27 heavy (non-hydrogen) atoms. The molecule has 1 aromatic carbocycles. The van der Waals surface area contributed by atoms with Gasteiger partial charge in [-0.05, 0) is 25.8 Å². The van der Waals surface area contributed by atoms with Gasteiger partial charge < -0.3 is 9.80 Å². The van der Waals surface area contributed by atoms with Gasteiger partial charge in [0, 0.05) is 38.3 Å². The summed E-state index contributed by atoms with van der Waals surface area (Å²) in [6.07, 6.45) is 4.97. The van der Waals surface area contributed by atoms with Crippen molar-refractivity contribution in [1.29, 1.82) is 0 Å². The summed E-state index contributed by atoms with van der Waals surface area (Å²) in [5.74, 6) is -0.345. The third-order valence-electron chi connectivity index (χ3n) is 6.00. The summed E-state index contributed by atoms with van der Waals surface area (Å²) < 4.78 is 15.8. The van der Waals surface area contributed by atoms with Crippen LogP contribution in [-0.4, -0.2) is 49.5 Å². The second kappa shape index (κ2) is 6.48. The maximum Gasteiger partial charge on any atom is 0.257 e. The molecule has 0 bridgehead atoms. The highest BCUT2D eigenvalue weighted by atomic mass is 19.1. The van der Waals surface area contributed by atoms with E-state index in [4.69, 9.17) is 0 Å². The van der Waals surface area contributed by atoms with E-state index < -0.39 is 5.54 Å². The number of rotatable bonds is 3. The molecule has 0 N–H and O–H groups in total. The van der Waals surface area contributed by atoms with Crippen molar-refractivity contribution in [2.75, 3.05) is 6.54 Å². The van der Waals surface area contributed by atoms with E-state index in [0.717, 1.165) is 0 Å². The van der Waals surface area contributed by atoms with Crippen molar-refractivity contribution in [2.24, 2.45) is 7.05 Å². The molecule has 0 saturated carbocycles. The smallest absolute Gasteiger partial charge is 0.257 e. The zero-order chi connectivity index (χ0) is 19.2. The van der Waals surface area contributed by atoms with Crippen molar-refractivity contribution in [3.8, 4) is 0 Å². The van der Waals surface area contributed by atoms with Crippen molar-refractivity contribution in [3.63, 3.8) is 0 Å². The van der Waals surface area contributed by atoms with Gasteiger partial charge >= 0.3 is 0 Å². The maximum absolute atomic E-state index is 14.2. The fourth-order valence-electron chi connectivity index (χ4n) is 4.47. The van der Waals surface area contributed by atoms with E-state index in [9.17, 15) is 14.0 Å². The Kier molecular flexibility index (Phi) is 4.25. The molecular formula is C20H23FN4O2. The molecule has 0 spiro atoms. The molecule has 2 fully saturated rings. The first kappa shape index (κ1) is 17.7. The Bertz CT molecular complexity index is 896. The van der Waals surface area contributed by atoms with Crippen LogP contribution in [0.2, 0.25) is 0 Å². The van der Waals surface area contributed by atoms with Crippen LogP contribution in [0.4, 0.5) is 4.39 Å². The second-order valence-corrected chi connectivity index (χ2v) is 7.63. The third-order valence-corrected chi connectivity index (χ3v) is 6.00. The first-order valence-electron chi connectivity index (χ1n) is 9.23. The van der Waals surface area contributed by atoms with Crippen molar-refractivity contribution in [2.45, 2.75) is 44.3 Å². The Morgan fingerprint density at radius 3 is 2.85 bits per heavy atom. The minimum Gasteiger partial charge on any atom is -0.333 e. The molecule has 0 unspecified atom stereocenters. The molecular weight excluding hydrogens is 347 g/mol. The van der Waals surface area contributed by atoms with E-state index in [1.807, 2.05) is 11.8 Å². The molecule has 6 nitrogen and oxygen atoms in total. The molecule has 2 aliphatic heterocycles. The number of piperidine rings is 1. The van der Waals surface area contributed by atoms with E-state index in [-0.39, 0.29) is 30.2 Å². The van der Waals surface area contributed by atoms with E-state index in [1.54, 1.807) is 47.2 Å². The normalized spacial score (nSPS) is 25.0. The summed E-state index contributed by atoms with van der Waals surface area (Å²) in [4.78, 5) is 29.3. The van der Waals surface area contributed by atoms with Crippen molar-refractivity contribution >= 4 is 11.8 Å². The van der Waals surface area contributed by atoms with Crippen LogP contribution in [0, 0.1) is 5.82 Å². The van der Waals surface area contributed by atoms with Crippen molar-refractivity contribution in [1.82, 2.24) is 19.6 Å². The lowest BCUT2D eigenvalue weighted by Crippen LogP contribution is -2.60. The van der Waals surface area contributed by atoms with Gasteiger partial charge in [-0.15, -0.1) is 0 Å². The van der Waals surface area contributed by atoms with Crippen LogP contribution in [0.15, 0.2) is 36.7 Å². The number of fused-ring (bicyclic) bond motifs is 1. The van der Waals surface area contributed by atoms with Crippen LogP contribution in [0.3, 0.4) is 0 Å². The van der Waals surface area contributed by atoms with E-state index in [1.165, 1.54) is 6.07 Å². The first-order valence-corrected chi connectivity index (χ1v) is 9.23. The molecule has 7 heteroatoms. The number of likely N-dealkylation sites (tertiary alicyclic amines) is 2. The number of nitrogens with zero attached hydrogens (tertiary/aromatic N) is 4. The zero-order valence-electron chi connectivity index (χ0n) is 15.6. The summed E-state index contributed by atoms with van der Waals surface area (Å²) in [6.45, 7) is 2.83. The van der Waals surface area contributed by atoms with E-state index >= 15 is 0 Å². The van der Waals surface area contributed by atoms with Crippen LogP contribution in [0.5, 0.6) is 0 Å². The largest absolute Gasteiger partial charge is 0.333 e.